The summed E-state index contributed by atoms with van der Waals surface area (Å²) in [6.07, 6.45) is 1.80. The molecule has 3 aromatic carbocycles. The Bertz CT molecular complexity index is 1510. The third-order valence-electron chi connectivity index (χ3n) is 7.24. The Balaban J connectivity index is 1.17. The van der Waals surface area contributed by atoms with Gasteiger partial charge < -0.3 is 9.80 Å². The molecule has 4 aromatic rings. The summed E-state index contributed by atoms with van der Waals surface area (Å²) in [7, 11) is 0. The van der Waals surface area contributed by atoms with Crippen molar-refractivity contribution < 1.29 is 14.0 Å². The molecule has 0 radical (unpaired) electrons. The molecular formula is C32H34FN5O2S. The summed E-state index contributed by atoms with van der Waals surface area (Å²) in [4.78, 5) is 29.4. The molecule has 0 aliphatic carbocycles. The van der Waals surface area contributed by atoms with Crippen molar-refractivity contribution in [2.24, 2.45) is 0 Å². The maximum atomic E-state index is 13.6. The number of aromatic nitrogens is 3. The zero-order chi connectivity index (χ0) is 28.8. The van der Waals surface area contributed by atoms with Crippen molar-refractivity contribution in [3.8, 4) is 5.69 Å². The summed E-state index contributed by atoms with van der Waals surface area (Å²) in [5.74, 6) is 1.05. The van der Waals surface area contributed by atoms with Crippen LogP contribution in [0.4, 0.5) is 4.39 Å². The van der Waals surface area contributed by atoms with Gasteiger partial charge in [-0.15, -0.1) is 10.2 Å². The van der Waals surface area contributed by atoms with Crippen LogP contribution in [0, 0.1) is 12.7 Å². The number of amides is 2. The molecule has 9 heteroatoms. The molecule has 0 N–H and O–H groups in total. The predicted molar refractivity (Wildman–Crippen MR) is 159 cm³/mol. The van der Waals surface area contributed by atoms with E-state index in [-0.39, 0.29) is 17.9 Å². The molecule has 1 fully saturated rings. The van der Waals surface area contributed by atoms with Gasteiger partial charge >= 0.3 is 0 Å². The lowest BCUT2D eigenvalue weighted by Crippen LogP contribution is -2.55. The summed E-state index contributed by atoms with van der Waals surface area (Å²) in [5, 5.41) is 9.85. The molecule has 2 heterocycles. The van der Waals surface area contributed by atoms with Gasteiger partial charge in [-0.25, -0.2) is 4.39 Å². The molecule has 2 amide bonds. The molecule has 41 heavy (non-hydrogen) atoms. The molecule has 0 spiro atoms. The van der Waals surface area contributed by atoms with Crippen molar-refractivity contribution in [3.63, 3.8) is 0 Å². The minimum Gasteiger partial charge on any atom is -0.339 e. The summed E-state index contributed by atoms with van der Waals surface area (Å²) >= 11 is 1.61. The van der Waals surface area contributed by atoms with Gasteiger partial charge in [-0.05, 0) is 61.7 Å². The SMILES string of the molecule is Cc1cccc(-n2c(Cc3ccccc3)nnc2SCCCC(=O)N2CCN(C(=O)c3cccc(F)c3)C(C)C2)c1. The van der Waals surface area contributed by atoms with Crippen LogP contribution in [0.15, 0.2) is 84.0 Å². The Labute approximate surface area is 244 Å². The monoisotopic (exact) mass is 571 g/mol. The van der Waals surface area contributed by atoms with Crippen molar-refractivity contribution in [2.45, 2.75) is 44.3 Å². The molecule has 0 saturated carbocycles. The summed E-state index contributed by atoms with van der Waals surface area (Å²) < 4.78 is 15.7. The first-order chi connectivity index (χ1) is 19.9. The average Bonchev–Trinajstić information content (AvgIpc) is 3.37. The number of carbonyl (C=O) groups excluding carboxylic acids is 2. The van der Waals surface area contributed by atoms with E-state index in [4.69, 9.17) is 0 Å². The van der Waals surface area contributed by atoms with E-state index in [0.717, 1.165) is 28.0 Å². The van der Waals surface area contributed by atoms with Crippen LogP contribution in [-0.4, -0.2) is 67.8 Å². The zero-order valence-corrected chi connectivity index (χ0v) is 24.2. The standard InChI is InChI=1S/C32H34FN5O2S/c1-23-9-6-14-28(19-23)38-29(20-25-10-4-3-5-11-25)34-35-32(38)41-18-8-15-30(39)36-16-17-37(24(2)22-36)31(40)26-12-7-13-27(33)21-26/h3-7,9-14,19,21,24H,8,15-18,20,22H2,1-2H3. The predicted octanol–water partition coefficient (Wildman–Crippen LogP) is 5.55. The molecule has 1 aliphatic rings. The molecular weight excluding hydrogens is 537 g/mol. The highest BCUT2D eigenvalue weighted by Crippen LogP contribution is 2.25. The van der Waals surface area contributed by atoms with Crippen LogP contribution >= 0.6 is 11.8 Å². The van der Waals surface area contributed by atoms with Gasteiger partial charge in [0.1, 0.15) is 11.6 Å². The fourth-order valence-electron chi connectivity index (χ4n) is 5.13. The normalized spacial score (nSPS) is 15.2. The molecule has 1 unspecified atom stereocenters. The molecule has 1 saturated heterocycles. The van der Waals surface area contributed by atoms with E-state index >= 15 is 0 Å². The second-order valence-electron chi connectivity index (χ2n) is 10.4. The number of piperazine rings is 1. The van der Waals surface area contributed by atoms with Crippen molar-refractivity contribution in [1.82, 2.24) is 24.6 Å². The molecule has 1 atom stereocenters. The smallest absolute Gasteiger partial charge is 0.254 e. The highest BCUT2D eigenvalue weighted by molar-refractivity contribution is 7.99. The maximum absolute atomic E-state index is 13.6. The fourth-order valence-corrected chi connectivity index (χ4v) is 6.04. The van der Waals surface area contributed by atoms with E-state index < -0.39 is 5.82 Å². The van der Waals surface area contributed by atoms with E-state index in [1.54, 1.807) is 28.8 Å². The number of hydrogen-bond donors (Lipinski definition) is 0. The molecule has 5 rings (SSSR count). The molecule has 1 aliphatic heterocycles. The molecule has 1 aromatic heterocycles. The average molecular weight is 572 g/mol. The van der Waals surface area contributed by atoms with Gasteiger partial charge in [-0.1, -0.05) is 60.3 Å². The number of carbonyl (C=O) groups is 2. The second kappa shape index (κ2) is 13.1. The molecule has 212 valence electrons. The summed E-state index contributed by atoms with van der Waals surface area (Å²) in [6.45, 7) is 5.37. The van der Waals surface area contributed by atoms with Crippen molar-refractivity contribution in [3.05, 3.63) is 107 Å². The first-order valence-corrected chi connectivity index (χ1v) is 14.9. The lowest BCUT2D eigenvalue weighted by molar-refractivity contribution is -0.133. The third-order valence-corrected chi connectivity index (χ3v) is 8.26. The van der Waals surface area contributed by atoms with Gasteiger partial charge in [0.2, 0.25) is 5.91 Å². The number of hydrogen-bond acceptors (Lipinski definition) is 5. The van der Waals surface area contributed by atoms with Gasteiger partial charge in [0.25, 0.3) is 5.91 Å². The van der Waals surface area contributed by atoms with Crippen LogP contribution in [0.5, 0.6) is 0 Å². The summed E-state index contributed by atoms with van der Waals surface area (Å²) in [6, 6.07) is 24.1. The zero-order valence-electron chi connectivity index (χ0n) is 23.4. The number of rotatable bonds is 9. The topological polar surface area (TPSA) is 71.3 Å². The van der Waals surface area contributed by atoms with Crippen LogP contribution < -0.4 is 0 Å². The Kier molecular flexibility index (Phi) is 9.14. The van der Waals surface area contributed by atoms with Crippen LogP contribution in [0.25, 0.3) is 5.69 Å². The Morgan fingerprint density at radius 2 is 1.78 bits per heavy atom. The van der Waals surface area contributed by atoms with Gasteiger partial charge in [-0.2, -0.15) is 0 Å². The van der Waals surface area contributed by atoms with Gasteiger partial charge in [0, 0.05) is 55.5 Å². The van der Waals surface area contributed by atoms with E-state index in [1.807, 2.05) is 36.1 Å². The first kappa shape index (κ1) is 28.5. The first-order valence-electron chi connectivity index (χ1n) is 13.9. The third kappa shape index (κ3) is 7.03. The number of thioether (sulfide) groups is 1. The minimum atomic E-state index is -0.431. The molecule has 7 nitrogen and oxygen atoms in total. The van der Waals surface area contributed by atoms with Crippen molar-refractivity contribution in [1.29, 1.82) is 0 Å². The largest absolute Gasteiger partial charge is 0.339 e. The Hall–Kier alpha value is -3.98. The van der Waals surface area contributed by atoms with Crippen LogP contribution in [0.3, 0.4) is 0 Å². The van der Waals surface area contributed by atoms with Crippen LogP contribution in [0.2, 0.25) is 0 Å². The number of nitrogens with zero attached hydrogens (tertiary/aromatic N) is 5. The lowest BCUT2D eigenvalue weighted by Gasteiger charge is -2.40. The van der Waals surface area contributed by atoms with Crippen LogP contribution in [-0.2, 0) is 11.2 Å². The van der Waals surface area contributed by atoms with E-state index in [9.17, 15) is 14.0 Å². The second-order valence-corrected chi connectivity index (χ2v) is 11.4. The quantitative estimate of drug-likeness (QED) is 0.195. The summed E-state index contributed by atoms with van der Waals surface area (Å²) in [5.41, 5.74) is 3.69. The van der Waals surface area contributed by atoms with E-state index in [1.165, 1.54) is 17.7 Å². The Morgan fingerprint density at radius 1 is 0.976 bits per heavy atom. The highest BCUT2D eigenvalue weighted by Gasteiger charge is 2.30. The maximum Gasteiger partial charge on any atom is 0.254 e. The van der Waals surface area contributed by atoms with Gasteiger partial charge in [0.15, 0.2) is 5.16 Å². The number of benzene rings is 3. The number of aryl methyl sites for hydroxylation is 1. The molecule has 0 bridgehead atoms. The Morgan fingerprint density at radius 3 is 2.54 bits per heavy atom. The van der Waals surface area contributed by atoms with Crippen LogP contribution in [0.1, 0.15) is 47.1 Å². The van der Waals surface area contributed by atoms with Crippen molar-refractivity contribution in [2.75, 3.05) is 25.4 Å². The lowest BCUT2D eigenvalue weighted by atomic mass is 10.1. The fraction of sp³-hybridized carbons (Fsp3) is 0.312. The highest BCUT2D eigenvalue weighted by atomic mass is 32.2. The van der Waals surface area contributed by atoms with Gasteiger partial charge in [-0.3, -0.25) is 14.2 Å². The van der Waals surface area contributed by atoms with Crippen molar-refractivity contribution >= 4 is 23.6 Å². The minimum absolute atomic E-state index is 0.0835. The van der Waals surface area contributed by atoms with Gasteiger partial charge in [0.05, 0.1) is 0 Å². The van der Waals surface area contributed by atoms with E-state index in [2.05, 4.69) is 52.0 Å². The van der Waals surface area contributed by atoms with E-state index in [0.29, 0.717) is 44.5 Å². The number of halogens is 1.